The van der Waals surface area contributed by atoms with Crippen LogP contribution in [0.5, 0.6) is 0 Å². The maximum absolute atomic E-state index is 5.68. The van der Waals surface area contributed by atoms with Gasteiger partial charge in [-0.1, -0.05) is 27.7 Å². The highest BCUT2D eigenvalue weighted by atomic mass is 16.5. The third-order valence-corrected chi connectivity index (χ3v) is 5.20. The van der Waals surface area contributed by atoms with Crippen LogP contribution in [0.3, 0.4) is 0 Å². The highest BCUT2D eigenvalue weighted by Crippen LogP contribution is 2.34. The Balaban J connectivity index is 1.82. The third kappa shape index (κ3) is 4.44. The maximum atomic E-state index is 5.68. The first kappa shape index (κ1) is 16.3. The lowest BCUT2D eigenvalue weighted by Gasteiger charge is -2.30. The van der Waals surface area contributed by atoms with Gasteiger partial charge in [0.25, 0.3) is 0 Å². The summed E-state index contributed by atoms with van der Waals surface area (Å²) in [5.74, 6) is 1.57. The SMILES string of the molecule is CCNC1COCC1CN1CCCC(C(C)(C)C)CC1. The smallest absolute Gasteiger partial charge is 0.0623 e. The van der Waals surface area contributed by atoms with Crippen molar-refractivity contribution < 1.29 is 4.74 Å². The molecule has 2 aliphatic rings. The lowest BCUT2D eigenvalue weighted by molar-refractivity contribution is 0.164. The highest BCUT2D eigenvalue weighted by Gasteiger charge is 2.31. The van der Waals surface area contributed by atoms with Crippen molar-refractivity contribution >= 4 is 0 Å². The fourth-order valence-electron chi connectivity index (χ4n) is 3.80. The molecule has 0 radical (unpaired) electrons. The zero-order chi connectivity index (χ0) is 14.6. The van der Waals surface area contributed by atoms with Crippen molar-refractivity contribution in [1.29, 1.82) is 0 Å². The van der Waals surface area contributed by atoms with Crippen LogP contribution in [0.2, 0.25) is 0 Å². The molecule has 0 spiro atoms. The number of likely N-dealkylation sites (tertiary alicyclic amines) is 1. The number of rotatable bonds is 4. The van der Waals surface area contributed by atoms with Gasteiger partial charge < -0.3 is 15.0 Å². The summed E-state index contributed by atoms with van der Waals surface area (Å²) in [6.07, 6.45) is 4.13. The lowest BCUT2D eigenvalue weighted by Crippen LogP contribution is -2.42. The molecule has 0 aliphatic carbocycles. The quantitative estimate of drug-likeness (QED) is 0.858. The fraction of sp³-hybridized carbons (Fsp3) is 1.00. The maximum Gasteiger partial charge on any atom is 0.0623 e. The second-order valence-corrected chi connectivity index (χ2v) is 7.76. The minimum absolute atomic E-state index is 0.471. The number of nitrogens with one attached hydrogen (secondary N) is 1. The van der Waals surface area contributed by atoms with E-state index in [0.29, 0.717) is 17.4 Å². The molecule has 0 amide bonds. The topological polar surface area (TPSA) is 24.5 Å². The predicted molar refractivity (Wildman–Crippen MR) is 85.0 cm³/mol. The van der Waals surface area contributed by atoms with E-state index in [-0.39, 0.29) is 0 Å². The minimum Gasteiger partial charge on any atom is -0.379 e. The molecule has 3 atom stereocenters. The lowest BCUT2D eigenvalue weighted by atomic mass is 9.77. The summed E-state index contributed by atoms with van der Waals surface area (Å²) in [5, 5.41) is 3.58. The second-order valence-electron chi connectivity index (χ2n) is 7.76. The van der Waals surface area contributed by atoms with E-state index in [1.165, 1.54) is 38.9 Å². The number of nitrogens with zero attached hydrogens (tertiary/aromatic N) is 1. The van der Waals surface area contributed by atoms with Crippen LogP contribution >= 0.6 is 0 Å². The van der Waals surface area contributed by atoms with Crippen LogP contribution in [0.25, 0.3) is 0 Å². The Bertz CT molecular complexity index is 287. The van der Waals surface area contributed by atoms with Crippen LogP contribution in [0, 0.1) is 17.3 Å². The summed E-state index contributed by atoms with van der Waals surface area (Å²) in [6, 6.07) is 0.571. The Kier molecular flexibility index (Phi) is 5.88. The molecule has 2 aliphatic heterocycles. The van der Waals surface area contributed by atoms with Gasteiger partial charge in [-0.2, -0.15) is 0 Å². The van der Waals surface area contributed by atoms with E-state index in [1.807, 2.05) is 0 Å². The van der Waals surface area contributed by atoms with Gasteiger partial charge in [-0.05, 0) is 50.2 Å². The van der Waals surface area contributed by atoms with Crippen LogP contribution in [-0.2, 0) is 4.74 Å². The number of likely N-dealkylation sites (N-methyl/N-ethyl adjacent to an activating group) is 1. The summed E-state index contributed by atoms with van der Waals surface area (Å²) in [5.41, 5.74) is 0.471. The molecule has 0 bridgehead atoms. The van der Waals surface area contributed by atoms with E-state index in [0.717, 1.165) is 25.7 Å². The van der Waals surface area contributed by atoms with Crippen molar-refractivity contribution in [2.24, 2.45) is 17.3 Å². The van der Waals surface area contributed by atoms with Crippen molar-refractivity contribution in [3.63, 3.8) is 0 Å². The Labute approximate surface area is 125 Å². The molecule has 2 saturated heterocycles. The molecule has 2 fully saturated rings. The van der Waals surface area contributed by atoms with E-state index in [1.54, 1.807) is 0 Å². The summed E-state index contributed by atoms with van der Waals surface area (Å²) in [4.78, 5) is 2.69. The Morgan fingerprint density at radius 3 is 2.65 bits per heavy atom. The summed E-state index contributed by atoms with van der Waals surface area (Å²) in [7, 11) is 0. The molecule has 3 unspecified atom stereocenters. The highest BCUT2D eigenvalue weighted by molar-refractivity contribution is 4.85. The molecule has 3 nitrogen and oxygen atoms in total. The summed E-state index contributed by atoms with van der Waals surface area (Å²) in [6.45, 7) is 16.1. The normalized spacial score (nSPS) is 33.3. The largest absolute Gasteiger partial charge is 0.379 e. The van der Waals surface area contributed by atoms with Crippen molar-refractivity contribution in [2.75, 3.05) is 39.4 Å². The minimum atomic E-state index is 0.471. The van der Waals surface area contributed by atoms with E-state index in [9.17, 15) is 0 Å². The van der Waals surface area contributed by atoms with Crippen LogP contribution in [0.4, 0.5) is 0 Å². The molecule has 2 rings (SSSR count). The van der Waals surface area contributed by atoms with Gasteiger partial charge in [0.05, 0.1) is 13.2 Å². The van der Waals surface area contributed by atoms with Gasteiger partial charge in [0.1, 0.15) is 0 Å². The van der Waals surface area contributed by atoms with E-state index in [4.69, 9.17) is 4.74 Å². The van der Waals surface area contributed by atoms with Gasteiger partial charge in [-0.25, -0.2) is 0 Å². The van der Waals surface area contributed by atoms with E-state index in [2.05, 4.69) is 37.9 Å². The molecule has 0 saturated carbocycles. The second kappa shape index (κ2) is 7.24. The van der Waals surface area contributed by atoms with Gasteiger partial charge in [0, 0.05) is 18.5 Å². The summed E-state index contributed by atoms with van der Waals surface area (Å²) < 4.78 is 5.68. The standard InChI is InChI=1S/C17H34N2O/c1-5-18-16-13-20-12-14(16)11-19-9-6-7-15(8-10-19)17(2,3)4/h14-16,18H,5-13H2,1-4H3. The number of ether oxygens (including phenoxy) is 1. The van der Waals surface area contributed by atoms with Crippen molar-refractivity contribution in [2.45, 2.75) is 53.0 Å². The van der Waals surface area contributed by atoms with Crippen molar-refractivity contribution in [3.05, 3.63) is 0 Å². The fourth-order valence-corrected chi connectivity index (χ4v) is 3.80. The molecule has 0 aromatic heterocycles. The predicted octanol–water partition coefficient (Wildman–Crippen LogP) is 2.76. The summed E-state index contributed by atoms with van der Waals surface area (Å²) >= 11 is 0. The van der Waals surface area contributed by atoms with Gasteiger partial charge >= 0.3 is 0 Å². The Hall–Kier alpha value is -0.120. The van der Waals surface area contributed by atoms with Crippen LogP contribution in [0.15, 0.2) is 0 Å². The first-order valence-electron chi connectivity index (χ1n) is 8.54. The van der Waals surface area contributed by atoms with Crippen LogP contribution < -0.4 is 5.32 Å². The number of hydrogen-bond donors (Lipinski definition) is 1. The van der Waals surface area contributed by atoms with Crippen molar-refractivity contribution in [3.8, 4) is 0 Å². The molecule has 0 aromatic rings. The first-order valence-corrected chi connectivity index (χ1v) is 8.54. The van der Waals surface area contributed by atoms with Gasteiger partial charge in [0.2, 0.25) is 0 Å². The molecular weight excluding hydrogens is 248 g/mol. The first-order chi connectivity index (χ1) is 9.50. The molecule has 3 heteroatoms. The molecule has 20 heavy (non-hydrogen) atoms. The molecule has 0 aromatic carbocycles. The van der Waals surface area contributed by atoms with Gasteiger partial charge in [-0.15, -0.1) is 0 Å². The Morgan fingerprint density at radius 1 is 1.15 bits per heavy atom. The van der Waals surface area contributed by atoms with Gasteiger partial charge in [-0.3, -0.25) is 0 Å². The van der Waals surface area contributed by atoms with Gasteiger partial charge in [0.15, 0.2) is 0 Å². The monoisotopic (exact) mass is 282 g/mol. The third-order valence-electron chi connectivity index (χ3n) is 5.20. The molecule has 2 heterocycles. The van der Waals surface area contributed by atoms with E-state index >= 15 is 0 Å². The van der Waals surface area contributed by atoms with Crippen LogP contribution in [-0.4, -0.2) is 50.3 Å². The molecule has 118 valence electrons. The van der Waals surface area contributed by atoms with Crippen LogP contribution in [0.1, 0.15) is 47.0 Å². The number of hydrogen-bond acceptors (Lipinski definition) is 3. The average molecular weight is 282 g/mol. The average Bonchev–Trinajstić information content (AvgIpc) is 2.65. The molecular formula is C17H34N2O. The zero-order valence-electron chi connectivity index (χ0n) is 14.0. The van der Waals surface area contributed by atoms with E-state index < -0.39 is 0 Å². The molecule has 1 N–H and O–H groups in total. The van der Waals surface area contributed by atoms with Crippen molar-refractivity contribution in [1.82, 2.24) is 10.2 Å². The zero-order valence-corrected chi connectivity index (χ0v) is 14.0. The Morgan fingerprint density at radius 2 is 1.95 bits per heavy atom.